The highest BCUT2D eigenvalue weighted by Gasteiger charge is 2.10. The second kappa shape index (κ2) is 15.7. The van der Waals surface area contributed by atoms with Crippen LogP contribution >= 0.6 is 24.0 Å². The molecule has 0 spiro atoms. The summed E-state index contributed by atoms with van der Waals surface area (Å²) in [5, 5.41) is 6.80. The molecule has 0 aromatic heterocycles. The van der Waals surface area contributed by atoms with Gasteiger partial charge in [0.1, 0.15) is 5.75 Å². The fourth-order valence-corrected chi connectivity index (χ4v) is 3.33. The van der Waals surface area contributed by atoms with Crippen molar-refractivity contribution in [3.05, 3.63) is 29.3 Å². The summed E-state index contributed by atoms with van der Waals surface area (Å²) < 4.78 is 11.1. The number of nitrogens with zero attached hydrogens (tertiary/aromatic N) is 2. The minimum atomic E-state index is 0. The lowest BCUT2D eigenvalue weighted by Crippen LogP contribution is -2.38. The van der Waals surface area contributed by atoms with Crippen molar-refractivity contribution in [1.29, 1.82) is 0 Å². The van der Waals surface area contributed by atoms with Crippen molar-refractivity contribution in [3.63, 3.8) is 0 Å². The number of aliphatic imine (C=N–C) groups is 1. The third kappa shape index (κ3) is 10.5. The number of nitrogens with one attached hydrogen (secondary N) is 2. The highest BCUT2D eigenvalue weighted by Crippen LogP contribution is 2.21. The molecule has 1 aromatic carbocycles. The minimum absolute atomic E-state index is 0. The molecule has 2 rings (SSSR count). The summed E-state index contributed by atoms with van der Waals surface area (Å²) in [5.41, 5.74) is 2.30. The van der Waals surface area contributed by atoms with E-state index < -0.39 is 0 Å². The minimum Gasteiger partial charge on any atom is -0.493 e. The second-order valence-corrected chi connectivity index (χ2v) is 7.33. The lowest BCUT2D eigenvalue weighted by molar-refractivity contribution is 0.172. The molecule has 0 unspecified atom stereocenters. The van der Waals surface area contributed by atoms with Crippen LogP contribution in [0.2, 0.25) is 0 Å². The van der Waals surface area contributed by atoms with Crippen LogP contribution in [0.25, 0.3) is 0 Å². The molecule has 0 radical (unpaired) electrons. The first-order chi connectivity index (χ1) is 13.7. The van der Waals surface area contributed by atoms with E-state index in [-0.39, 0.29) is 24.0 Å². The zero-order chi connectivity index (χ0) is 20.0. The maximum Gasteiger partial charge on any atom is 0.191 e. The van der Waals surface area contributed by atoms with Crippen LogP contribution in [0.15, 0.2) is 23.2 Å². The predicted octanol–water partition coefficient (Wildman–Crippen LogP) is 3.57. The van der Waals surface area contributed by atoms with Gasteiger partial charge >= 0.3 is 0 Å². The molecule has 1 saturated heterocycles. The molecule has 2 N–H and O–H groups in total. The van der Waals surface area contributed by atoms with Gasteiger partial charge in [-0.1, -0.05) is 12.1 Å². The van der Waals surface area contributed by atoms with E-state index in [0.29, 0.717) is 19.8 Å². The SMILES string of the molecule is CCNC(=NCc1ccc(C)cc1OCCCOC)NCCCN1CCCC1.I. The van der Waals surface area contributed by atoms with E-state index in [9.17, 15) is 0 Å². The highest BCUT2D eigenvalue weighted by molar-refractivity contribution is 14.0. The van der Waals surface area contributed by atoms with Crippen molar-refractivity contribution in [1.82, 2.24) is 15.5 Å². The number of hydrogen-bond donors (Lipinski definition) is 2. The maximum absolute atomic E-state index is 5.97. The fraction of sp³-hybridized carbons (Fsp3) is 0.682. The van der Waals surface area contributed by atoms with E-state index in [0.717, 1.165) is 43.2 Å². The molecule has 1 aliphatic rings. The quantitative estimate of drug-likeness (QED) is 0.192. The van der Waals surface area contributed by atoms with Gasteiger partial charge in [-0.15, -0.1) is 24.0 Å². The van der Waals surface area contributed by atoms with E-state index in [1.165, 1.54) is 38.0 Å². The summed E-state index contributed by atoms with van der Waals surface area (Å²) in [6.45, 7) is 11.6. The van der Waals surface area contributed by atoms with Crippen LogP contribution in [0, 0.1) is 6.92 Å². The Morgan fingerprint density at radius 1 is 1.14 bits per heavy atom. The molecule has 1 heterocycles. The van der Waals surface area contributed by atoms with E-state index in [1.807, 2.05) is 0 Å². The van der Waals surface area contributed by atoms with Gasteiger partial charge in [0.05, 0.1) is 13.2 Å². The van der Waals surface area contributed by atoms with Crippen molar-refractivity contribution in [2.24, 2.45) is 4.99 Å². The third-order valence-corrected chi connectivity index (χ3v) is 4.87. The molecule has 0 aliphatic carbocycles. The zero-order valence-corrected chi connectivity index (χ0v) is 20.7. The molecule has 0 amide bonds. The van der Waals surface area contributed by atoms with Crippen molar-refractivity contribution in [2.75, 3.05) is 53.0 Å². The standard InChI is InChI=1S/C22H38N4O2.HI/c1-4-23-22(24-11-7-14-26-12-5-6-13-26)25-18-20-10-9-19(2)17-21(20)28-16-8-15-27-3;/h9-10,17H,4-8,11-16,18H2,1-3H3,(H2,23,24,25);1H. The Balaban J connectivity index is 0.00000420. The average molecular weight is 518 g/mol. The average Bonchev–Trinajstić information content (AvgIpc) is 3.21. The van der Waals surface area contributed by atoms with E-state index in [1.54, 1.807) is 7.11 Å². The lowest BCUT2D eigenvalue weighted by Gasteiger charge is -2.16. The number of guanidine groups is 1. The van der Waals surface area contributed by atoms with Crippen LogP contribution in [0.4, 0.5) is 0 Å². The summed E-state index contributed by atoms with van der Waals surface area (Å²) in [7, 11) is 1.72. The summed E-state index contributed by atoms with van der Waals surface area (Å²) in [5.74, 6) is 1.79. The van der Waals surface area contributed by atoms with Crippen molar-refractivity contribution in [2.45, 2.75) is 46.1 Å². The normalized spacial score (nSPS) is 14.5. The van der Waals surface area contributed by atoms with Crippen LogP contribution in [0.5, 0.6) is 5.75 Å². The largest absolute Gasteiger partial charge is 0.493 e. The lowest BCUT2D eigenvalue weighted by atomic mass is 10.1. The Kier molecular flexibility index (Phi) is 14.1. The topological polar surface area (TPSA) is 58.1 Å². The first-order valence-corrected chi connectivity index (χ1v) is 10.7. The number of ether oxygens (including phenoxy) is 2. The first kappa shape index (κ1) is 26.0. The Morgan fingerprint density at radius 3 is 2.66 bits per heavy atom. The number of aryl methyl sites for hydroxylation is 1. The Hall–Kier alpha value is -1.06. The summed E-state index contributed by atoms with van der Waals surface area (Å²) in [6, 6.07) is 6.32. The van der Waals surface area contributed by atoms with Gasteiger partial charge in [0.25, 0.3) is 0 Å². The Labute approximate surface area is 193 Å². The maximum atomic E-state index is 5.97. The van der Waals surface area contributed by atoms with Gasteiger partial charge in [-0.05, 0) is 64.4 Å². The first-order valence-electron chi connectivity index (χ1n) is 10.7. The molecule has 7 heteroatoms. The van der Waals surface area contributed by atoms with Gasteiger partial charge < -0.3 is 25.0 Å². The fourth-order valence-electron chi connectivity index (χ4n) is 3.33. The van der Waals surface area contributed by atoms with E-state index in [4.69, 9.17) is 14.5 Å². The molecule has 0 atom stereocenters. The van der Waals surface area contributed by atoms with Gasteiger partial charge in [0, 0.05) is 38.8 Å². The molecule has 6 nitrogen and oxygen atoms in total. The van der Waals surface area contributed by atoms with Crippen LogP contribution in [-0.4, -0.2) is 63.9 Å². The molecular weight excluding hydrogens is 479 g/mol. The van der Waals surface area contributed by atoms with Gasteiger partial charge in [0.15, 0.2) is 5.96 Å². The third-order valence-electron chi connectivity index (χ3n) is 4.87. The van der Waals surface area contributed by atoms with Crippen LogP contribution in [0.3, 0.4) is 0 Å². The van der Waals surface area contributed by atoms with Crippen molar-refractivity contribution in [3.8, 4) is 5.75 Å². The van der Waals surface area contributed by atoms with E-state index in [2.05, 4.69) is 47.6 Å². The van der Waals surface area contributed by atoms with Crippen molar-refractivity contribution < 1.29 is 9.47 Å². The Bertz CT molecular complexity index is 592. The summed E-state index contributed by atoms with van der Waals surface area (Å²) >= 11 is 0. The van der Waals surface area contributed by atoms with Crippen LogP contribution < -0.4 is 15.4 Å². The number of hydrogen-bond acceptors (Lipinski definition) is 4. The number of likely N-dealkylation sites (tertiary alicyclic amines) is 1. The molecule has 1 aliphatic heterocycles. The smallest absolute Gasteiger partial charge is 0.191 e. The molecule has 0 saturated carbocycles. The number of methoxy groups -OCH3 is 1. The van der Waals surface area contributed by atoms with Gasteiger partial charge in [-0.2, -0.15) is 0 Å². The van der Waals surface area contributed by atoms with Gasteiger partial charge in [-0.3, -0.25) is 0 Å². The van der Waals surface area contributed by atoms with Crippen molar-refractivity contribution >= 4 is 29.9 Å². The Morgan fingerprint density at radius 2 is 1.93 bits per heavy atom. The van der Waals surface area contributed by atoms with Gasteiger partial charge in [0.2, 0.25) is 0 Å². The molecule has 1 fully saturated rings. The predicted molar refractivity (Wildman–Crippen MR) is 132 cm³/mol. The van der Waals surface area contributed by atoms with Crippen LogP contribution in [0.1, 0.15) is 43.7 Å². The van der Waals surface area contributed by atoms with E-state index >= 15 is 0 Å². The van der Waals surface area contributed by atoms with Gasteiger partial charge in [-0.25, -0.2) is 4.99 Å². The molecule has 29 heavy (non-hydrogen) atoms. The number of halogens is 1. The highest BCUT2D eigenvalue weighted by atomic mass is 127. The number of rotatable bonds is 12. The summed E-state index contributed by atoms with van der Waals surface area (Å²) in [6.07, 6.45) is 4.73. The second-order valence-electron chi connectivity index (χ2n) is 7.33. The molecule has 0 bridgehead atoms. The zero-order valence-electron chi connectivity index (χ0n) is 18.3. The molecule has 1 aromatic rings. The number of benzene rings is 1. The monoisotopic (exact) mass is 518 g/mol. The van der Waals surface area contributed by atoms with Crippen LogP contribution in [-0.2, 0) is 11.3 Å². The molecule has 166 valence electrons. The summed E-state index contributed by atoms with van der Waals surface area (Å²) in [4.78, 5) is 7.31. The molecular formula is C22H39IN4O2.